The van der Waals surface area contributed by atoms with E-state index in [9.17, 15) is 0 Å². The molecule has 53 heavy (non-hydrogen) atoms. The maximum Gasteiger partial charge on any atom is 0.198 e. The van der Waals surface area contributed by atoms with Crippen LogP contribution in [0.2, 0.25) is 0 Å². The molecule has 0 aliphatic carbocycles. The zero-order valence-electron chi connectivity index (χ0n) is 30.2. The van der Waals surface area contributed by atoms with Crippen molar-refractivity contribution in [2.75, 3.05) is 10.2 Å². The molecule has 0 saturated heterocycles. The van der Waals surface area contributed by atoms with Crippen molar-refractivity contribution in [1.29, 1.82) is 0 Å². The molecule has 0 unspecified atom stereocenters. The number of aromatic nitrogens is 1. The van der Waals surface area contributed by atoms with E-state index in [2.05, 4.69) is 176 Å². The van der Waals surface area contributed by atoms with Crippen LogP contribution in [0.15, 0.2) is 133 Å². The SMILES string of the molecule is CC1(C)c2ccccc2Nc2c(-c3cc(N4c5ccccc5Oc5ccccc54)c4c5cccc6c5n5c4c3Bc3cccc(c3-5)C6(C)C)cccc21. The molecule has 4 aliphatic rings. The number of rotatable bonds is 2. The molecule has 5 heterocycles. The Hall–Kier alpha value is -6.20. The molecule has 0 spiro atoms. The summed E-state index contributed by atoms with van der Waals surface area (Å²) in [6.45, 7) is 9.52. The number of hydrogen-bond acceptors (Lipinski definition) is 3. The van der Waals surface area contributed by atoms with E-state index in [1.807, 2.05) is 0 Å². The topological polar surface area (TPSA) is 29.4 Å². The van der Waals surface area contributed by atoms with Gasteiger partial charge in [0.15, 0.2) is 18.8 Å². The maximum atomic E-state index is 6.58. The third-order valence-corrected chi connectivity index (χ3v) is 12.8. The smallest absolute Gasteiger partial charge is 0.198 e. The van der Waals surface area contributed by atoms with Gasteiger partial charge in [0, 0.05) is 38.5 Å². The number of nitrogens with zero attached hydrogens (tertiary/aromatic N) is 2. The van der Waals surface area contributed by atoms with E-state index in [1.165, 1.54) is 83.2 Å². The van der Waals surface area contributed by atoms with Gasteiger partial charge in [0.25, 0.3) is 0 Å². The summed E-state index contributed by atoms with van der Waals surface area (Å²) in [6.07, 6.45) is 0. The molecule has 0 saturated carbocycles. The van der Waals surface area contributed by atoms with Crippen LogP contribution in [0, 0.1) is 0 Å². The van der Waals surface area contributed by atoms with E-state index < -0.39 is 0 Å². The highest BCUT2D eigenvalue weighted by Crippen LogP contribution is 2.56. The van der Waals surface area contributed by atoms with Crippen LogP contribution in [-0.4, -0.2) is 11.8 Å². The lowest BCUT2D eigenvalue weighted by Gasteiger charge is -2.39. The molecule has 0 bridgehead atoms. The number of nitrogens with one attached hydrogen (secondary N) is 1. The first-order valence-electron chi connectivity index (χ1n) is 18.7. The maximum absolute atomic E-state index is 6.58. The minimum atomic E-state index is -0.169. The van der Waals surface area contributed by atoms with E-state index >= 15 is 0 Å². The van der Waals surface area contributed by atoms with Crippen LogP contribution in [0.4, 0.5) is 28.4 Å². The Balaban J connectivity index is 1.27. The molecule has 0 atom stereocenters. The molecule has 4 aliphatic heterocycles. The van der Waals surface area contributed by atoms with Crippen molar-refractivity contribution < 1.29 is 4.74 Å². The van der Waals surface area contributed by atoms with E-state index in [4.69, 9.17) is 4.74 Å². The van der Waals surface area contributed by atoms with Crippen molar-refractivity contribution in [3.05, 3.63) is 156 Å². The Morgan fingerprint density at radius 3 is 2.02 bits per heavy atom. The molecule has 8 aromatic rings. The van der Waals surface area contributed by atoms with Crippen LogP contribution in [-0.2, 0) is 10.8 Å². The average molecular weight is 682 g/mol. The third-order valence-electron chi connectivity index (χ3n) is 12.8. The number of benzene rings is 7. The summed E-state index contributed by atoms with van der Waals surface area (Å²) in [4.78, 5) is 2.46. The highest BCUT2D eigenvalue weighted by molar-refractivity contribution is 6.74. The van der Waals surface area contributed by atoms with Crippen molar-refractivity contribution in [2.45, 2.75) is 38.5 Å². The lowest BCUT2D eigenvalue weighted by Crippen LogP contribution is -2.41. The van der Waals surface area contributed by atoms with Gasteiger partial charge in [-0.2, -0.15) is 0 Å². The fraction of sp³-hybridized carbons (Fsp3) is 0.125. The van der Waals surface area contributed by atoms with Gasteiger partial charge in [-0.05, 0) is 69.7 Å². The summed E-state index contributed by atoms with van der Waals surface area (Å²) in [7, 11) is 0.858. The van der Waals surface area contributed by atoms with Gasteiger partial charge in [-0.1, -0.05) is 130 Å². The fourth-order valence-electron chi connectivity index (χ4n) is 10.3. The molecular weight excluding hydrogens is 645 g/mol. The molecule has 0 fully saturated rings. The summed E-state index contributed by atoms with van der Waals surface area (Å²) in [5, 5.41) is 6.54. The second-order valence-electron chi connectivity index (χ2n) is 16.2. The van der Waals surface area contributed by atoms with Gasteiger partial charge in [0.05, 0.1) is 33.8 Å². The Morgan fingerprint density at radius 1 is 0.566 bits per heavy atom. The van der Waals surface area contributed by atoms with Crippen molar-refractivity contribution >= 4 is 68.4 Å². The minimum Gasteiger partial charge on any atom is -0.453 e. The van der Waals surface area contributed by atoms with Crippen LogP contribution in [0.3, 0.4) is 0 Å². The molecule has 12 rings (SSSR count). The van der Waals surface area contributed by atoms with Crippen LogP contribution in [0.1, 0.15) is 49.9 Å². The summed E-state index contributed by atoms with van der Waals surface area (Å²) in [6, 6.07) is 49.1. The fourth-order valence-corrected chi connectivity index (χ4v) is 10.3. The number of anilines is 5. The highest BCUT2D eigenvalue weighted by Gasteiger charge is 2.41. The van der Waals surface area contributed by atoms with Crippen molar-refractivity contribution in [2.24, 2.45) is 0 Å². The molecule has 1 N–H and O–H groups in total. The van der Waals surface area contributed by atoms with E-state index in [1.54, 1.807) is 0 Å². The molecule has 1 aromatic heterocycles. The quantitative estimate of drug-likeness (QED) is 0.184. The molecule has 5 heteroatoms. The molecule has 252 valence electrons. The molecule has 4 nitrogen and oxygen atoms in total. The summed E-state index contributed by atoms with van der Waals surface area (Å²) >= 11 is 0. The Bertz CT molecular complexity index is 2910. The predicted molar refractivity (Wildman–Crippen MR) is 221 cm³/mol. The number of fused-ring (bicyclic) bond motifs is 5. The Labute approximate surface area is 309 Å². The van der Waals surface area contributed by atoms with Gasteiger partial charge in [-0.3, -0.25) is 0 Å². The van der Waals surface area contributed by atoms with Crippen LogP contribution in [0.5, 0.6) is 11.5 Å². The number of para-hydroxylation sites is 8. The molecule has 0 amide bonds. The van der Waals surface area contributed by atoms with Crippen LogP contribution in [0.25, 0.3) is 38.6 Å². The largest absolute Gasteiger partial charge is 0.453 e. The van der Waals surface area contributed by atoms with Gasteiger partial charge in [0.2, 0.25) is 0 Å². The van der Waals surface area contributed by atoms with Gasteiger partial charge in [-0.15, -0.1) is 0 Å². The first-order valence-corrected chi connectivity index (χ1v) is 18.7. The Kier molecular flexibility index (Phi) is 5.44. The van der Waals surface area contributed by atoms with E-state index in [-0.39, 0.29) is 10.8 Å². The first kappa shape index (κ1) is 29.4. The van der Waals surface area contributed by atoms with E-state index in [0.29, 0.717) is 0 Å². The first-order chi connectivity index (χ1) is 25.8. The van der Waals surface area contributed by atoms with Crippen molar-refractivity contribution in [1.82, 2.24) is 4.57 Å². The zero-order valence-corrected chi connectivity index (χ0v) is 30.2. The highest BCUT2D eigenvalue weighted by atomic mass is 16.5. The molecule has 0 radical (unpaired) electrons. The summed E-state index contributed by atoms with van der Waals surface area (Å²) in [5.41, 5.74) is 19.9. The molecular formula is C48H36BN3O. The van der Waals surface area contributed by atoms with Crippen molar-refractivity contribution in [3.63, 3.8) is 0 Å². The second-order valence-corrected chi connectivity index (χ2v) is 16.2. The average Bonchev–Trinajstić information content (AvgIpc) is 3.53. The zero-order chi connectivity index (χ0) is 35.4. The third kappa shape index (κ3) is 3.57. The van der Waals surface area contributed by atoms with Crippen molar-refractivity contribution in [3.8, 4) is 28.3 Å². The lowest BCUT2D eigenvalue weighted by molar-refractivity contribution is 0.477. The minimum absolute atomic E-state index is 0.144. The second kappa shape index (κ2) is 9.81. The van der Waals surface area contributed by atoms with Gasteiger partial charge in [-0.25, -0.2) is 0 Å². The standard InChI is InChI=1S/C48H36BN3O/c1-47(2)30-16-5-6-21-35(30)50-43-27(14-11-17-31(43)47)29-26-38(51-36-22-7-9-24-39(36)53-40-25-10-8-23-37(40)51)41-28-15-12-18-32-44(28)52-45-33(48(32,3)4)19-13-20-34(45)49-42(29)46(41)52/h5-26,49-50H,1-4H3. The van der Waals surface area contributed by atoms with Gasteiger partial charge >= 0.3 is 0 Å². The van der Waals surface area contributed by atoms with Gasteiger partial charge < -0.3 is 19.5 Å². The number of ether oxygens (including phenoxy) is 1. The monoisotopic (exact) mass is 681 g/mol. The van der Waals surface area contributed by atoms with Gasteiger partial charge in [0.1, 0.15) is 0 Å². The molecule has 7 aromatic carbocycles. The lowest BCUT2D eigenvalue weighted by atomic mass is 9.57. The van der Waals surface area contributed by atoms with Crippen LogP contribution >= 0.6 is 0 Å². The number of hydrogen-bond donors (Lipinski definition) is 1. The predicted octanol–water partition coefficient (Wildman–Crippen LogP) is 10.7. The summed E-state index contributed by atoms with van der Waals surface area (Å²) < 4.78 is 9.22. The normalized spacial score (nSPS) is 15.9. The van der Waals surface area contributed by atoms with E-state index in [0.717, 1.165) is 35.8 Å². The van der Waals surface area contributed by atoms with Crippen LogP contribution < -0.4 is 25.9 Å². The summed E-state index contributed by atoms with van der Waals surface area (Å²) in [5.74, 6) is 1.72. The Morgan fingerprint density at radius 2 is 1.21 bits per heavy atom.